The van der Waals surface area contributed by atoms with E-state index in [9.17, 15) is 9.59 Å². The smallest absolute Gasteiger partial charge is 0.308 e. The zero-order chi connectivity index (χ0) is 16.7. The van der Waals surface area contributed by atoms with Gasteiger partial charge in [-0.1, -0.05) is 6.92 Å². The van der Waals surface area contributed by atoms with E-state index < -0.39 is 0 Å². The minimum Gasteiger partial charge on any atom is -0.466 e. The summed E-state index contributed by atoms with van der Waals surface area (Å²) in [4.78, 5) is 24.0. The van der Waals surface area contributed by atoms with Gasteiger partial charge in [-0.05, 0) is 70.4 Å². The Morgan fingerprint density at radius 3 is 2.50 bits per heavy atom. The standard InChI is InChI=1S/C18H32N2O3.ClH/c1-3-23-18(22)14-6-8-16(9-7-14)20-17(21)11-13(2)15-5-4-10-19-12-15;/h13-16,19H,3-12H2,1-2H3,(H,20,21);1H. The van der Waals surface area contributed by atoms with Crippen LogP contribution in [0.4, 0.5) is 0 Å². The number of rotatable bonds is 6. The summed E-state index contributed by atoms with van der Waals surface area (Å²) in [6.07, 6.45) is 6.48. The normalized spacial score (nSPS) is 28.3. The molecule has 2 aliphatic rings. The molecule has 0 aromatic rings. The maximum Gasteiger partial charge on any atom is 0.308 e. The van der Waals surface area contributed by atoms with Crippen LogP contribution in [0.25, 0.3) is 0 Å². The van der Waals surface area contributed by atoms with Crippen LogP contribution in [-0.2, 0) is 14.3 Å². The summed E-state index contributed by atoms with van der Waals surface area (Å²) >= 11 is 0. The van der Waals surface area contributed by atoms with E-state index in [-0.39, 0.29) is 36.2 Å². The number of amides is 1. The molecule has 24 heavy (non-hydrogen) atoms. The molecule has 2 unspecified atom stereocenters. The van der Waals surface area contributed by atoms with Crippen LogP contribution in [0, 0.1) is 17.8 Å². The first kappa shape index (κ1) is 21.2. The van der Waals surface area contributed by atoms with Gasteiger partial charge in [0.25, 0.3) is 0 Å². The molecule has 1 aliphatic carbocycles. The number of ether oxygens (including phenoxy) is 1. The molecular weight excluding hydrogens is 328 g/mol. The number of hydrogen-bond donors (Lipinski definition) is 2. The zero-order valence-electron chi connectivity index (χ0n) is 15.0. The quantitative estimate of drug-likeness (QED) is 0.714. The second-order valence-electron chi connectivity index (χ2n) is 7.16. The van der Waals surface area contributed by atoms with Crippen molar-refractivity contribution >= 4 is 24.3 Å². The Bertz CT molecular complexity index is 392. The van der Waals surface area contributed by atoms with Gasteiger partial charge in [0.05, 0.1) is 12.5 Å². The van der Waals surface area contributed by atoms with Crippen molar-refractivity contribution in [3.05, 3.63) is 0 Å². The van der Waals surface area contributed by atoms with Crippen molar-refractivity contribution in [3.63, 3.8) is 0 Å². The number of carbonyl (C=O) groups is 2. The summed E-state index contributed by atoms with van der Waals surface area (Å²) in [5.41, 5.74) is 0. The van der Waals surface area contributed by atoms with Gasteiger partial charge >= 0.3 is 5.97 Å². The van der Waals surface area contributed by atoms with Crippen LogP contribution in [0.5, 0.6) is 0 Å². The van der Waals surface area contributed by atoms with E-state index in [4.69, 9.17) is 4.74 Å². The van der Waals surface area contributed by atoms with Crippen molar-refractivity contribution in [2.45, 2.75) is 64.8 Å². The van der Waals surface area contributed by atoms with Gasteiger partial charge in [-0.3, -0.25) is 9.59 Å². The molecule has 1 amide bonds. The number of esters is 1. The first-order valence-corrected chi connectivity index (χ1v) is 9.26. The van der Waals surface area contributed by atoms with E-state index >= 15 is 0 Å². The van der Waals surface area contributed by atoms with Crippen LogP contribution in [-0.4, -0.2) is 37.6 Å². The third-order valence-corrected chi connectivity index (χ3v) is 5.36. The Balaban J connectivity index is 0.00000288. The summed E-state index contributed by atoms with van der Waals surface area (Å²) in [6, 6.07) is 0.227. The van der Waals surface area contributed by atoms with Gasteiger partial charge in [-0.2, -0.15) is 0 Å². The first-order chi connectivity index (χ1) is 11.1. The number of nitrogens with one attached hydrogen (secondary N) is 2. The lowest BCUT2D eigenvalue weighted by molar-refractivity contribution is -0.149. The molecule has 1 aliphatic heterocycles. The van der Waals surface area contributed by atoms with E-state index in [1.807, 2.05) is 6.92 Å². The molecule has 2 atom stereocenters. The molecule has 1 saturated carbocycles. The second kappa shape index (κ2) is 10.9. The predicted octanol–water partition coefficient (Wildman–Crippen LogP) is 2.67. The molecule has 0 aromatic heterocycles. The lowest BCUT2D eigenvalue weighted by atomic mass is 9.84. The number of piperidine rings is 1. The molecule has 5 nitrogen and oxygen atoms in total. The number of carbonyl (C=O) groups excluding carboxylic acids is 2. The molecule has 0 spiro atoms. The fourth-order valence-electron chi connectivity index (χ4n) is 3.84. The summed E-state index contributed by atoms with van der Waals surface area (Å²) in [5.74, 6) is 1.17. The topological polar surface area (TPSA) is 67.4 Å². The van der Waals surface area contributed by atoms with Gasteiger partial charge in [0.2, 0.25) is 5.91 Å². The monoisotopic (exact) mass is 360 g/mol. The molecule has 6 heteroatoms. The molecule has 2 N–H and O–H groups in total. The maximum atomic E-state index is 12.3. The van der Waals surface area contributed by atoms with E-state index in [2.05, 4.69) is 17.6 Å². The summed E-state index contributed by atoms with van der Waals surface area (Å²) in [5, 5.41) is 6.59. The highest BCUT2D eigenvalue weighted by molar-refractivity contribution is 5.85. The fraction of sp³-hybridized carbons (Fsp3) is 0.889. The number of halogens is 1. The predicted molar refractivity (Wildman–Crippen MR) is 97.1 cm³/mol. The van der Waals surface area contributed by atoms with Gasteiger partial charge < -0.3 is 15.4 Å². The molecule has 1 saturated heterocycles. The average molecular weight is 361 g/mol. The number of hydrogen-bond acceptors (Lipinski definition) is 4. The maximum absolute atomic E-state index is 12.3. The van der Waals surface area contributed by atoms with Gasteiger partial charge in [0.15, 0.2) is 0 Å². The third kappa shape index (κ3) is 6.60. The lowest BCUT2D eigenvalue weighted by Crippen LogP contribution is -2.41. The third-order valence-electron chi connectivity index (χ3n) is 5.36. The minimum absolute atomic E-state index is 0. The summed E-state index contributed by atoms with van der Waals surface area (Å²) in [6.45, 7) is 6.63. The van der Waals surface area contributed by atoms with E-state index in [1.165, 1.54) is 12.8 Å². The molecule has 2 fully saturated rings. The Labute approximate surface area is 152 Å². The van der Waals surface area contributed by atoms with E-state index in [0.717, 1.165) is 38.8 Å². The van der Waals surface area contributed by atoms with Gasteiger partial charge in [-0.15, -0.1) is 12.4 Å². The fourth-order valence-corrected chi connectivity index (χ4v) is 3.84. The summed E-state index contributed by atoms with van der Waals surface area (Å²) in [7, 11) is 0. The first-order valence-electron chi connectivity index (χ1n) is 9.26. The van der Waals surface area contributed by atoms with Gasteiger partial charge in [-0.25, -0.2) is 0 Å². The molecule has 2 rings (SSSR count). The Morgan fingerprint density at radius 2 is 1.92 bits per heavy atom. The van der Waals surface area contributed by atoms with Crippen LogP contribution in [0.15, 0.2) is 0 Å². The van der Waals surface area contributed by atoms with Crippen LogP contribution in [0.3, 0.4) is 0 Å². The zero-order valence-corrected chi connectivity index (χ0v) is 15.8. The molecule has 0 radical (unpaired) electrons. The van der Waals surface area contributed by atoms with Crippen molar-refractivity contribution in [3.8, 4) is 0 Å². The molecule has 140 valence electrons. The SMILES string of the molecule is CCOC(=O)C1CCC(NC(=O)CC(C)C2CCCNC2)CC1.Cl. The molecular formula is C18H33ClN2O3. The van der Waals surface area contributed by atoms with Crippen LogP contribution < -0.4 is 10.6 Å². The van der Waals surface area contributed by atoms with Crippen molar-refractivity contribution in [1.29, 1.82) is 0 Å². The average Bonchev–Trinajstić information content (AvgIpc) is 2.56. The van der Waals surface area contributed by atoms with E-state index in [1.54, 1.807) is 0 Å². The molecule has 1 heterocycles. The largest absolute Gasteiger partial charge is 0.466 e. The van der Waals surface area contributed by atoms with Crippen molar-refractivity contribution in [1.82, 2.24) is 10.6 Å². The highest BCUT2D eigenvalue weighted by atomic mass is 35.5. The van der Waals surface area contributed by atoms with Crippen molar-refractivity contribution < 1.29 is 14.3 Å². The molecule has 0 bridgehead atoms. The van der Waals surface area contributed by atoms with Crippen molar-refractivity contribution in [2.75, 3.05) is 19.7 Å². The highest BCUT2D eigenvalue weighted by Gasteiger charge is 2.29. The Morgan fingerprint density at radius 1 is 1.21 bits per heavy atom. The van der Waals surface area contributed by atoms with E-state index in [0.29, 0.717) is 24.9 Å². The summed E-state index contributed by atoms with van der Waals surface area (Å²) < 4.78 is 5.09. The van der Waals surface area contributed by atoms with Crippen LogP contribution >= 0.6 is 12.4 Å². The second-order valence-corrected chi connectivity index (χ2v) is 7.16. The van der Waals surface area contributed by atoms with Crippen LogP contribution in [0.1, 0.15) is 58.8 Å². The van der Waals surface area contributed by atoms with Crippen LogP contribution in [0.2, 0.25) is 0 Å². The Kier molecular flexibility index (Phi) is 9.67. The van der Waals surface area contributed by atoms with Gasteiger partial charge in [0.1, 0.15) is 0 Å². The highest BCUT2D eigenvalue weighted by Crippen LogP contribution is 2.26. The van der Waals surface area contributed by atoms with Gasteiger partial charge in [0, 0.05) is 12.5 Å². The molecule has 0 aromatic carbocycles. The minimum atomic E-state index is -0.0734. The lowest BCUT2D eigenvalue weighted by Gasteiger charge is -2.30. The Hall–Kier alpha value is -0.810. The van der Waals surface area contributed by atoms with Crippen molar-refractivity contribution in [2.24, 2.45) is 17.8 Å².